The average Bonchev–Trinajstić information content (AvgIpc) is 2.64. The van der Waals surface area contributed by atoms with Crippen LogP contribution in [0.2, 0.25) is 0 Å². The summed E-state index contributed by atoms with van der Waals surface area (Å²) in [6.07, 6.45) is 12.3. The highest BCUT2D eigenvalue weighted by atomic mass is 79.9. The molecule has 0 heterocycles. The van der Waals surface area contributed by atoms with Gasteiger partial charge in [-0.3, -0.25) is 4.79 Å². The molecule has 0 aromatic carbocycles. The van der Waals surface area contributed by atoms with Crippen molar-refractivity contribution < 1.29 is 13.2 Å². The number of hydrogen-bond donors (Lipinski definition) is 2. The van der Waals surface area contributed by atoms with Gasteiger partial charge in [-0.2, -0.15) is 0 Å². The number of alkyl halides is 1. The van der Waals surface area contributed by atoms with Crippen LogP contribution in [0.15, 0.2) is 0 Å². The van der Waals surface area contributed by atoms with Gasteiger partial charge in [0.15, 0.2) is 0 Å². The van der Waals surface area contributed by atoms with Gasteiger partial charge in [-0.25, -0.2) is 13.1 Å². The number of carbonyl (C=O) groups is 1. The van der Waals surface area contributed by atoms with E-state index in [1.807, 2.05) is 0 Å². The number of rotatable bonds is 5. The van der Waals surface area contributed by atoms with Crippen molar-refractivity contribution >= 4 is 31.9 Å². The lowest BCUT2D eigenvalue weighted by Crippen LogP contribution is -2.46. The molecule has 3 rings (SSSR count). The summed E-state index contributed by atoms with van der Waals surface area (Å²) in [5.74, 6) is -0.0843. The largest absolute Gasteiger partial charge is 0.353 e. The van der Waals surface area contributed by atoms with Crippen molar-refractivity contribution in [3.05, 3.63) is 0 Å². The number of sulfonamides is 1. The second-order valence-corrected chi connectivity index (χ2v) is 11.7. The van der Waals surface area contributed by atoms with Gasteiger partial charge in [-0.05, 0) is 57.8 Å². The molecule has 0 aromatic heterocycles. The van der Waals surface area contributed by atoms with E-state index in [4.69, 9.17) is 0 Å². The first kappa shape index (κ1) is 20.6. The minimum Gasteiger partial charge on any atom is -0.353 e. The molecule has 0 bridgehead atoms. The van der Waals surface area contributed by atoms with Crippen LogP contribution in [0.3, 0.4) is 0 Å². The third-order valence-electron chi connectivity index (χ3n) is 6.37. The monoisotopic (exact) mass is 448 g/mol. The van der Waals surface area contributed by atoms with Crippen molar-refractivity contribution in [3.8, 4) is 0 Å². The summed E-state index contributed by atoms with van der Waals surface area (Å²) in [5.41, 5.74) is 0. The SMILES string of the molecule is O=C(NC1CCC(Br)CC1)C1CCCC(S(=O)(=O)NC2CCCCC2)C1. The summed E-state index contributed by atoms with van der Waals surface area (Å²) in [6.45, 7) is 0. The van der Waals surface area contributed by atoms with Crippen LogP contribution in [0.25, 0.3) is 0 Å². The Hall–Kier alpha value is -0.140. The molecule has 0 spiro atoms. The minimum atomic E-state index is -3.33. The van der Waals surface area contributed by atoms with Crippen LogP contribution < -0.4 is 10.0 Å². The molecule has 2 N–H and O–H groups in total. The summed E-state index contributed by atoms with van der Waals surface area (Å²) < 4.78 is 28.5. The average molecular weight is 449 g/mol. The van der Waals surface area contributed by atoms with E-state index in [1.54, 1.807) is 0 Å². The second kappa shape index (κ2) is 9.37. The Morgan fingerprint density at radius 1 is 0.808 bits per heavy atom. The Kier molecular flexibility index (Phi) is 7.42. The Morgan fingerprint density at radius 3 is 2.19 bits per heavy atom. The van der Waals surface area contributed by atoms with Gasteiger partial charge in [0.1, 0.15) is 0 Å². The van der Waals surface area contributed by atoms with Crippen molar-refractivity contribution in [2.24, 2.45) is 5.92 Å². The highest BCUT2D eigenvalue weighted by Crippen LogP contribution is 2.31. The molecule has 0 saturated heterocycles. The topological polar surface area (TPSA) is 75.3 Å². The Morgan fingerprint density at radius 2 is 1.50 bits per heavy atom. The molecule has 3 saturated carbocycles. The molecule has 7 heteroatoms. The lowest BCUT2D eigenvalue weighted by atomic mass is 9.87. The lowest BCUT2D eigenvalue weighted by molar-refractivity contribution is -0.126. The van der Waals surface area contributed by atoms with Gasteiger partial charge >= 0.3 is 0 Å². The maximum absolute atomic E-state index is 12.8. The van der Waals surface area contributed by atoms with Crippen molar-refractivity contribution in [1.29, 1.82) is 0 Å². The fourth-order valence-electron chi connectivity index (χ4n) is 4.73. The van der Waals surface area contributed by atoms with E-state index in [-0.39, 0.29) is 23.9 Å². The summed E-state index contributed by atoms with van der Waals surface area (Å²) in [4.78, 5) is 13.2. The van der Waals surface area contributed by atoms with E-state index in [9.17, 15) is 13.2 Å². The number of carbonyl (C=O) groups excluding carboxylic acids is 1. The molecule has 0 aliphatic heterocycles. The highest BCUT2D eigenvalue weighted by Gasteiger charge is 2.36. The normalized spacial score (nSPS) is 34.3. The smallest absolute Gasteiger partial charge is 0.223 e. The van der Waals surface area contributed by atoms with Crippen LogP contribution in [-0.2, 0) is 14.8 Å². The van der Waals surface area contributed by atoms with Gasteiger partial charge in [-0.15, -0.1) is 0 Å². The fraction of sp³-hybridized carbons (Fsp3) is 0.947. The molecule has 0 radical (unpaired) electrons. The standard InChI is InChI=1S/C19H33BrN2O3S/c20-15-9-11-16(12-10-15)21-19(23)14-5-4-8-18(13-14)26(24,25)22-17-6-2-1-3-7-17/h14-18,22H,1-13H2,(H,21,23). The summed E-state index contributed by atoms with van der Waals surface area (Å²) in [6, 6.07) is 0.357. The maximum Gasteiger partial charge on any atom is 0.223 e. The third kappa shape index (κ3) is 5.68. The second-order valence-electron chi connectivity index (χ2n) is 8.44. The van der Waals surface area contributed by atoms with Crippen LogP contribution in [0.5, 0.6) is 0 Å². The zero-order chi connectivity index (χ0) is 18.6. The maximum atomic E-state index is 12.8. The van der Waals surface area contributed by atoms with Gasteiger partial charge in [0.25, 0.3) is 0 Å². The summed E-state index contributed by atoms with van der Waals surface area (Å²) in [7, 11) is -3.33. The van der Waals surface area contributed by atoms with E-state index in [0.717, 1.165) is 64.2 Å². The summed E-state index contributed by atoms with van der Waals surface area (Å²) in [5, 5.41) is 2.78. The predicted octanol–water partition coefficient (Wildman–Crippen LogP) is 3.62. The molecular formula is C19H33BrN2O3S. The fourth-order valence-corrected chi connectivity index (χ4v) is 7.11. The number of halogens is 1. The van der Waals surface area contributed by atoms with Crippen LogP contribution in [0.1, 0.15) is 83.5 Å². The van der Waals surface area contributed by atoms with Gasteiger partial charge < -0.3 is 5.32 Å². The van der Waals surface area contributed by atoms with Crippen LogP contribution >= 0.6 is 15.9 Å². The van der Waals surface area contributed by atoms with E-state index in [2.05, 4.69) is 26.0 Å². The molecule has 5 nitrogen and oxygen atoms in total. The zero-order valence-electron chi connectivity index (χ0n) is 15.6. The van der Waals surface area contributed by atoms with E-state index < -0.39 is 15.3 Å². The highest BCUT2D eigenvalue weighted by molar-refractivity contribution is 9.09. The van der Waals surface area contributed by atoms with Crippen molar-refractivity contribution in [3.63, 3.8) is 0 Å². The lowest BCUT2D eigenvalue weighted by Gasteiger charge is -2.32. The first-order valence-electron chi connectivity index (χ1n) is 10.4. The quantitative estimate of drug-likeness (QED) is 0.630. The molecular weight excluding hydrogens is 416 g/mol. The molecule has 2 unspecified atom stereocenters. The van der Waals surface area contributed by atoms with Crippen molar-refractivity contribution in [1.82, 2.24) is 10.0 Å². The zero-order valence-corrected chi connectivity index (χ0v) is 18.0. The number of hydrogen-bond acceptors (Lipinski definition) is 3. The molecule has 150 valence electrons. The molecule has 3 aliphatic rings. The first-order valence-corrected chi connectivity index (χ1v) is 12.9. The van der Waals surface area contributed by atoms with Gasteiger partial charge in [0.05, 0.1) is 5.25 Å². The molecule has 0 aromatic rings. The molecule has 1 amide bonds. The van der Waals surface area contributed by atoms with Gasteiger partial charge in [0, 0.05) is 22.8 Å². The van der Waals surface area contributed by atoms with Crippen molar-refractivity contribution in [2.45, 2.75) is 106 Å². The number of nitrogens with one attached hydrogen (secondary N) is 2. The molecule has 26 heavy (non-hydrogen) atoms. The van der Waals surface area contributed by atoms with E-state index in [0.29, 0.717) is 17.7 Å². The summed E-state index contributed by atoms with van der Waals surface area (Å²) >= 11 is 3.64. The van der Waals surface area contributed by atoms with Gasteiger partial charge in [-0.1, -0.05) is 41.6 Å². The minimum absolute atomic E-state index is 0.0700. The molecule has 3 fully saturated rings. The predicted molar refractivity (Wildman–Crippen MR) is 108 cm³/mol. The van der Waals surface area contributed by atoms with Crippen LogP contribution in [0.4, 0.5) is 0 Å². The molecule has 3 aliphatic carbocycles. The first-order chi connectivity index (χ1) is 12.4. The third-order valence-corrected chi connectivity index (χ3v) is 9.26. The molecule has 2 atom stereocenters. The number of amides is 1. The van der Waals surface area contributed by atoms with Gasteiger partial charge in [0.2, 0.25) is 15.9 Å². The van der Waals surface area contributed by atoms with Crippen LogP contribution in [0, 0.1) is 5.92 Å². The van der Waals surface area contributed by atoms with Crippen LogP contribution in [-0.4, -0.2) is 36.5 Å². The van der Waals surface area contributed by atoms with E-state index >= 15 is 0 Å². The Labute approximate surface area is 166 Å². The Balaban J connectivity index is 1.51. The Bertz CT molecular complexity index is 569. The van der Waals surface area contributed by atoms with E-state index in [1.165, 1.54) is 6.42 Å². The van der Waals surface area contributed by atoms with Crippen molar-refractivity contribution in [2.75, 3.05) is 0 Å².